The molecule has 7 heteroatoms. The zero-order chi connectivity index (χ0) is 20.0. The van der Waals surface area contributed by atoms with Crippen LogP contribution >= 0.6 is 0 Å². The standard InChI is InChI=1S/C22H23FN4O2/c1-2-16-13-18(22(28)26-9-11-29-12-10-26)19-20(14-3-4-14)25-27(21(19)24-16)17-7-5-15(23)6-8-17/h5-8,13-14H,2-4,9-12H2,1H3. The van der Waals surface area contributed by atoms with Crippen LogP contribution in [0.4, 0.5) is 4.39 Å². The molecular formula is C22H23FN4O2. The molecule has 150 valence electrons. The second-order valence-corrected chi connectivity index (χ2v) is 7.67. The molecule has 1 saturated carbocycles. The van der Waals surface area contributed by atoms with Crippen molar-refractivity contribution in [1.82, 2.24) is 19.7 Å². The summed E-state index contributed by atoms with van der Waals surface area (Å²) in [5, 5.41) is 5.69. The fraction of sp³-hybridized carbons (Fsp3) is 0.409. The number of benzene rings is 1. The van der Waals surface area contributed by atoms with Crippen molar-refractivity contribution in [2.45, 2.75) is 32.1 Å². The number of aryl methyl sites for hydroxylation is 1. The summed E-state index contributed by atoms with van der Waals surface area (Å²) in [6.45, 7) is 4.33. The number of pyridine rings is 1. The maximum atomic E-state index is 13.4. The van der Waals surface area contributed by atoms with Crippen LogP contribution in [0.2, 0.25) is 0 Å². The molecule has 1 aliphatic carbocycles. The minimum absolute atomic E-state index is 0.0101. The molecule has 0 bridgehead atoms. The van der Waals surface area contributed by atoms with E-state index in [0.717, 1.165) is 35.3 Å². The molecule has 5 rings (SSSR count). The van der Waals surface area contributed by atoms with Gasteiger partial charge in [-0.05, 0) is 49.6 Å². The summed E-state index contributed by atoms with van der Waals surface area (Å²) < 4.78 is 20.6. The van der Waals surface area contributed by atoms with E-state index in [1.165, 1.54) is 12.1 Å². The minimum atomic E-state index is -0.294. The lowest BCUT2D eigenvalue weighted by molar-refractivity contribution is 0.0304. The number of aromatic nitrogens is 3. The number of carbonyl (C=O) groups excluding carboxylic acids is 1. The number of amides is 1. The van der Waals surface area contributed by atoms with Crippen LogP contribution in [0.5, 0.6) is 0 Å². The van der Waals surface area contributed by atoms with Gasteiger partial charge in [-0.1, -0.05) is 6.92 Å². The van der Waals surface area contributed by atoms with Gasteiger partial charge < -0.3 is 9.64 Å². The topological polar surface area (TPSA) is 60.3 Å². The van der Waals surface area contributed by atoms with Crippen molar-refractivity contribution in [2.75, 3.05) is 26.3 Å². The second kappa shape index (κ2) is 7.22. The SMILES string of the molecule is CCc1cc(C(=O)N2CCOCC2)c2c(C3CC3)nn(-c3ccc(F)cc3)c2n1. The van der Waals surface area contributed by atoms with Gasteiger partial charge in [0.15, 0.2) is 5.65 Å². The van der Waals surface area contributed by atoms with Crippen LogP contribution < -0.4 is 0 Å². The number of rotatable bonds is 4. The molecule has 6 nitrogen and oxygen atoms in total. The lowest BCUT2D eigenvalue weighted by atomic mass is 10.0. The van der Waals surface area contributed by atoms with E-state index < -0.39 is 0 Å². The maximum absolute atomic E-state index is 13.4. The molecule has 1 amide bonds. The highest BCUT2D eigenvalue weighted by atomic mass is 19.1. The molecule has 3 heterocycles. The maximum Gasteiger partial charge on any atom is 0.254 e. The Morgan fingerprint density at radius 3 is 2.59 bits per heavy atom. The van der Waals surface area contributed by atoms with E-state index in [1.807, 2.05) is 17.9 Å². The first-order chi connectivity index (χ1) is 14.2. The third kappa shape index (κ3) is 3.29. The summed E-state index contributed by atoms with van der Waals surface area (Å²) in [6, 6.07) is 8.15. The monoisotopic (exact) mass is 394 g/mol. The number of carbonyl (C=O) groups is 1. The van der Waals surface area contributed by atoms with Gasteiger partial charge in [-0.2, -0.15) is 5.10 Å². The number of fused-ring (bicyclic) bond motifs is 1. The summed E-state index contributed by atoms with van der Waals surface area (Å²) >= 11 is 0. The zero-order valence-electron chi connectivity index (χ0n) is 16.4. The fourth-order valence-corrected chi connectivity index (χ4v) is 3.89. The molecular weight excluding hydrogens is 371 g/mol. The number of morpholine rings is 1. The average molecular weight is 394 g/mol. The number of hydrogen-bond acceptors (Lipinski definition) is 4. The molecule has 0 radical (unpaired) electrons. The Bertz CT molecular complexity index is 1070. The molecule has 0 spiro atoms. The highest BCUT2D eigenvalue weighted by molar-refractivity contribution is 6.07. The van der Waals surface area contributed by atoms with Gasteiger partial charge >= 0.3 is 0 Å². The second-order valence-electron chi connectivity index (χ2n) is 7.67. The zero-order valence-corrected chi connectivity index (χ0v) is 16.4. The molecule has 0 unspecified atom stereocenters. The summed E-state index contributed by atoms with van der Waals surface area (Å²) in [5.41, 5.74) is 3.86. The Morgan fingerprint density at radius 2 is 1.93 bits per heavy atom. The molecule has 0 N–H and O–H groups in total. The highest BCUT2D eigenvalue weighted by Gasteiger charge is 2.33. The molecule has 2 aliphatic rings. The first kappa shape index (κ1) is 18.2. The Labute approximate surface area is 168 Å². The largest absolute Gasteiger partial charge is 0.378 e. The summed E-state index contributed by atoms with van der Waals surface area (Å²) in [6.07, 6.45) is 2.85. The quantitative estimate of drug-likeness (QED) is 0.680. The third-order valence-corrected chi connectivity index (χ3v) is 5.64. The number of nitrogens with zero attached hydrogens (tertiary/aromatic N) is 4. The highest BCUT2D eigenvalue weighted by Crippen LogP contribution is 2.43. The normalized spacial score (nSPS) is 17.1. The lowest BCUT2D eigenvalue weighted by Gasteiger charge is -2.27. The van der Waals surface area contributed by atoms with Crippen molar-refractivity contribution in [3.8, 4) is 5.69 Å². The predicted molar refractivity (Wildman–Crippen MR) is 107 cm³/mol. The van der Waals surface area contributed by atoms with Crippen molar-refractivity contribution in [2.24, 2.45) is 0 Å². The van der Waals surface area contributed by atoms with Gasteiger partial charge in [0, 0.05) is 24.7 Å². The molecule has 0 atom stereocenters. The molecule has 3 aromatic rings. The van der Waals surface area contributed by atoms with E-state index in [2.05, 4.69) is 0 Å². The van der Waals surface area contributed by atoms with E-state index >= 15 is 0 Å². The van der Waals surface area contributed by atoms with Gasteiger partial charge in [0.2, 0.25) is 0 Å². The van der Waals surface area contributed by atoms with Gasteiger partial charge in [-0.15, -0.1) is 0 Å². The van der Waals surface area contributed by atoms with Crippen LogP contribution in [0.1, 0.15) is 47.4 Å². The molecule has 1 saturated heterocycles. The fourth-order valence-electron chi connectivity index (χ4n) is 3.89. The van der Waals surface area contributed by atoms with Crippen LogP contribution in [0.25, 0.3) is 16.7 Å². The van der Waals surface area contributed by atoms with Gasteiger partial charge in [0.25, 0.3) is 5.91 Å². The van der Waals surface area contributed by atoms with E-state index in [4.69, 9.17) is 14.8 Å². The van der Waals surface area contributed by atoms with Crippen LogP contribution in [0.3, 0.4) is 0 Å². The van der Waals surface area contributed by atoms with Crippen LogP contribution in [-0.2, 0) is 11.2 Å². The van der Waals surface area contributed by atoms with E-state index in [-0.39, 0.29) is 11.7 Å². The van der Waals surface area contributed by atoms with Crippen molar-refractivity contribution < 1.29 is 13.9 Å². The summed E-state index contributed by atoms with van der Waals surface area (Å²) in [7, 11) is 0. The number of ether oxygens (including phenoxy) is 1. The average Bonchev–Trinajstić information content (AvgIpc) is 3.54. The van der Waals surface area contributed by atoms with Crippen molar-refractivity contribution in [1.29, 1.82) is 0 Å². The summed E-state index contributed by atoms with van der Waals surface area (Å²) in [5.74, 6) is 0.0682. The van der Waals surface area contributed by atoms with E-state index in [1.54, 1.807) is 16.8 Å². The Balaban J connectivity index is 1.72. The van der Waals surface area contributed by atoms with Gasteiger partial charge in [0.05, 0.1) is 35.5 Å². The minimum Gasteiger partial charge on any atom is -0.378 e. The molecule has 29 heavy (non-hydrogen) atoms. The Hall–Kier alpha value is -2.80. The Morgan fingerprint density at radius 1 is 1.21 bits per heavy atom. The first-order valence-electron chi connectivity index (χ1n) is 10.2. The molecule has 2 fully saturated rings. The molecule has 1 aliphatic heterocycles. The third-order valence-electron chi connectivity index (χ3n) is 5.64. The van der Waals surface area contributed by atoms with Crippen LogP contribution in [0.15, 0.2) is 30.3 Å². The van der Waals surface area contributed by atoms with Gasteiger partial charge in [-0.25, -0.2) is 14.1 Å². The van der Waals surface area contributed by atoms with E-state index in [0.29, 0.717) is 49.9 Å². The predicted octanol–water partition coefficient (Wildman–Crippen LogP) is 3.47. The molecule has 2 aromatic heterocycles. The Kier molecular flexibility index (Phi) is 4.54. The van der Waals surface area contributed by atoms with Crippen LogP contribution in [0, 0.1) is 5.82 Å². The summed E-state index contributed by atoms with van der Waals surface area (Å²) in [4.78, 5) is 20.1. The first-order valence-corrected chi connectivity index (χ1v) is 10.2. The van der Waals surface area contributed by atoms with E-state index in [9.17, 15) is 9.18 Å². The number of hydrogen-bond donors (Lipinski definition) is 0. The smallest absolute Gasteiger partial charge is 0.254 e. The molecule has 1 aromatic carbocycles. The van der Waals surface area contributed by atoms with Crippen molar-refractivity contribution in [3.63, 3.8) is 0 Å². The van der Waals surface area contributed by atoms with Gasteiger partial charge in [-0.3, -0.25) is 4.79 Å². The van der Waals surface area contributed by atoms with Crippen LogP contribution in [-0.4, -0.2) is 51.9 Å². The van der Waals surface area contributed by atoms with Crippen molar-refractivity contribution in [3.05, 3.63) is 53.1 Å². The van der Waals surface area contributed by atoms with Gasteiger partial charge in [0.1, 0.15) is 5.82 Å². The number of halogens is 1. The van der Waals surface area contributed by atoms with Crippen molar-refractivity contribution >= 4 is 16.9 Å². The lowest BCUT2D eigenvalue weighted by Crippen LogP contribution is -2.40.